The van der Waals surface area contributed by atoms with E-state index in [0.29, 0.717) is 35.7 Å². The Morgan fingerprint density at radius 3 is 2.52 bits per heavy atom. The van der Waals surface area contributed by atoms with Crippen LogP contribution in [-0.4, -0.2) is 30.4 Å². The van der Waals surface area contributed by atoms with E-state index < -0.39 is 11.6 Å². The Morgan fingerprint density at radius 1 is 1.14 bits per heavy atom. The molecular formula is C23H31BrO5. The number of Topliss-reactive ketones (excluding diaryl/α,β-unsaturated/α-hetero) is 1. The number of ether oxygens (including phenoxy) is 2. The fraction of sp³-hybridized carbons (Fsp3) is 0.522. The average molecular weight is 467 g/mol. The number of allylic oxidation sites excluding steroid dienone is 5. The number of halogens is 1. The highest BCUT2D eigenvalue weighted by Crippen LogP contribution is 2.40. The van der Waals surface area contributed by atoms with Crippen LogP contribution in [0.25, 0.3) is 0 Å². The minimum absolute atomic E-state index is 0.190. The molecule has 29 heavy (non-hydrogen) atoms. The van der Waals surface area contributed by atoms with Crippen LogP contribution in [0.5, 0.6) is 0 Å². The first-order chi connectivity index (χ1) is 13.9. The molecule has 0 fully saturated rings. The maximum atomic E-state index is 12.6. The van der Waals surface area contributed by atoms with Crippen LogP contribution in [-0.2, 0) is 23.9 Å². The van der Waals surface area contributed by atoms with Gasteiger partial charge in [0.25, 0.3) is 0 Å². The highest BCUT2D eigenvalue weighted by molar-refractivity contribution is 9.12. The molecule has 160 valence electrons. The Kier molecular flexibility index (Phi) is 11.5. The number of carbonyl (C=O) groups excluding carboxylic acids is 3. The molecule has 0 aromatic carbocycles. The van der Waals surface area contributed by atoms with Crippen LogP contribution in [0.3, 0.4) is 0 Å². The Hall–Kier alpha value is -1.95. The molecule has 1 atom stereocenters. The van der Waals surface area contributed by atoms with Crippen LogP contribution in [0.4, 0.5) is 0 Å². The third-order valence-corrected chi connectivity index (χ3v) is 5.13. The minimum Gasteiger partial charge on any atom is -0.469 e. The molecule has 6 heteroatoms. The second kappa shape index (κ2) is 13.3. The minimum atomic E-state index is -1.10. The fourth-order valence-corrected chi connectivity index (χ4v) is 3.64. The molecule has 0 bridgehead atoms. The number of rotatable bonds is 12. The highest BCUT2D eigenvalue weighted by atomic mass is 79.9. The van der Waals surface area contributed by atoms with Crippen LogP contribution in [0.15, 0.2) is 46.5 Å². The zero-order valence-corrected chi connectivity index (χ0v) is 19.1. The van der Waals surface area contributed by atoms with Crippen molar-refractivity contribution in [2.24, 2.45) is 0 Å². The number of carbonyl (C=O) groups is 3. The van der Waals surface area contributed by atoms with E-state index >= 15 is 0 Å². The van der Waals surface area contributed by atoms with E-state index in [-0.39, 0.29) is 11.8 Å². The molecule has 1 rings (SSSR count). The van der Waals surface area contributed by atoms with Crippen molar-refractivity contribution in [1.82, 2.24) is 0 Å². The quantitative estimate of drug-likeness (QED) is 0.164. The summed E-state index contributed by atoms with van der Waals surface area (Å²) in [7, 11) is 1.37. The lowest BCUT2D eigenvalue weighted by atomic mass is 9.91. The van der Waals surface area contributed by atoms with Gasteiger partial charge in [-0.2, -0.15) is 0 Å². The third kappa shape index (κ3) is 8.52. The van der Waals surface area contributed by atoms with E-state index in [0.717, 1.165) is 19.3 Å². The van der Waals surface area contributed by atoms with Crippen LogP contribution >= 0.6 is 15.9 Å². The number of ketones is 1. The Bertz CT molecular complexity index is 702. The van der Waals surface area contributed by atoms with Gasteiger partial charge in [0.2, 0.25) is 0 Å². The van der Waals surface area contributed by atoms with Crippen molar-refractivity contribution in [3.05, 3.63) is 46.5 Å². The van der Waals surface area contributed by atoms with Crippen molar-refractivity contribution < 1.29 is 23.9 Å². The molecule has 0 aromatic heterocycles. The molecule has 5 nitrogen and oxygen atoms in total. The average Bonchev–Trinajstić information content (AvgIpc) is 2.90. The van der Waals surface area contributed by atoms with Gasteiger partial charge in [-0.15, -0.1) is 0 Å². The molecule has 0 heterocycles. The molecule has 0 saturated carbocycles. The monoisotopic (exact) mass is 466 g/mol. The normalized spacial score (nSPS) is 20.6. The molecular weight excluding hydrogens is 436 g/mol. The van der Waals surface area contributed by atoms with Gasteiger partial charge in [-0.05, 0) is 47.7 Å². The number of hydrogen-bond donors (Lipinski definition) is 0. The van der Waals surface area contributed by atoms with Crippen LogP contribution in [0.2, 0.25) is 0 Å². The first-order valence-electron chi connectivity index (χ1n) is 10.1. The van der Waals surface area contributed by atoms with E-state index in [2.05, 4.69) is 33.7 Å². The van der Waals surface area contributed by atoms with Gasteiger partial charge in [0.05, 0.1) is 11.6 Å². The lowest BCUT2D eigenvalue weighted by Gasteiger charge is -2.27. The summed E-state index contributed by atoms with van der Waals surface area (Å²) in [6.45, 7) is 3.50. The molecule has 1 aliphatic carbocycles. The largest absolute Gasteiger partial charge is 0.469 e. The lowest BCUT2D eigenvalue weighted by molar-refractivity contribution is -0.149. The van der Waals surface area contributed by atoms with Gasteiger partial charge in [0, 0.05) is 25.3 Å². The molecule has 0 unspecified atom stereocenters. The number of unbranched alkanes of at least 4 members (excludes halogenated alkanes) is 4. The molecule has 0 spiro atoms. The molecule has 0 radical (unpaired) electrons. The molecule has 0 saturated heterocycles. The molecule has 0 aliphatic heterocycles. The number of hydrogen-bond acceptors (Lipinski definition) is 5. The summed E-state index contributed by atoms with van der Waals surface area (Å²) in [5.74, 6) is -0.871. The predicted molar refractivity (Wildman–Crippen MR) is 118 cm³/mol. The second-order valence-corrected chi connectivity index (χ2v) is 7.81. The van der Waals surface area contributed by atoms with Gasteiger partial charge in [0.15, 0.2) is 11.4 Å². The Morgan fingerprint density at radius 2 is 1.86 bits per heavy atom. The maximum absolute atomic E-state index is 12.6. The van der Waals surface area contributed by atoms with Crippen molar-refractivity contribution in [2.45, 2.75) is 70.8 Å². The first kappa shape index (κ1) is 25.1. The molecule has 0 N–H and O–H groups in total. The zero-order valence-electron chi connectivity index (χ0n) is 17.5. The zero-order chi connectivity index (χ0) is 21.7. The summed E-state index contributed by atoms with van der Waals surface area (Å²) in [6.07, 6.45) is 17.6. The predicted octanol–water partition coefficient (Wildman–Crippen LogP) is 5.50. The second-order valence-electron chi connectivity index (χ2n) is 6.95. The number of esters is 2. The van der Waals surface area contributed by atoms with E-state index in [1.54, 1.807) is 18.2 Å². The SMILES string of the molecule is CCCCC/C=C\C[C@@]1(OC(C)=O)C=C(Br)C(=O)/C1=C/C=C/CCCC(=O)OC. The van der Waals surface area contributed by atoms with Gasteiger partial charge in [-0.3, -0.25) is 14.4 Å². The van der Waals surface area contributed by atoms with Gasteiger partial charge in [-0.1, -0.05) is 50.1 Å². The van der Waals surface area contributed by atoms with Gasteiger partial charge in [-0.25, -0.2) is 0 Å². The highest BCUT2D eigenvalue weighted by Gasteiger charge is 2.44. The Balaban J connectivity index is 2.90. The third-order valence-electron chi connectivity index (χ3n) is 4.54. The van der Waals surface area contributed by atoms with Gasteiger partial charge < -0.3 is 9.47 Å². The van der Waals surface area contributed by atoms with Crippen LogP contribution in [0.1, 0.15) is 65.2 Å². The van der Waals surface area contributed by atoms with Crippen molar-refractivity contribution in [1.29, 1.82) is 0 Å². The fourth-order valence-electron chi connectivity index (χ4n) is 3.05. The van der Waals surface area contributed by atoms with Crippen molar-refractivity contribution in [3.8, 4) is 0 Å². The lowest BCUT2D eigenvalue weighted by Crippen LogP contribution is -2.33. The molecule has 0 amide bonds. The van der Waals surface area contributed by atoms with Crippen molar-refractivity contribution >= 4 is 33.7 Å². The molecule has 0 aromatic rings. The van der Waals surface area contributed by atoms with E-state index in [1.165, 1.54) is 20.5 Å². The maximum Gasteiger partial charge on any atom is 0.305 e. The summed E-state index contributed by atoms with van der Waals surface area (Å²) in [6, 6.07) is 0. The van der Waals surface area contributed by atoms with Crippen LogP contribution < -0.4 is 0 Å². The van der Waals surface area contributed by atoms with Gasteiger partial charge >= 0.3 is 11.9 Å². The summed E-state index contributed by atoms with van der Waals surface area (Å²) >= 11 is 3.29. The number of methoxy groups -OCH3 is 1. The summed E-state index contributed by atoms with van der Waals surface area (Å²) in [4.78, 5) is 35.5. The first-order valence-corrected chi connectivity index (χ1v) is 10.9. The van der Waals surface area contributed by atoms with Gasteiger partial charge in [0.1, 0.15) is 0 Å². The van der Waals surface area contributed by atoms with Crippen molar-refractivity contribution in [2.75, 3.05) is 7.11 Å². The topological polar surface area (TPSA) is 69.7 Å². The molecule has 1 aliphatic rings. The smallest absolute Gasteiger partial charge is 0.305 e. The van der Waals surface area contributed by atoms with Crippen molar-refractivity contribution in [3.63, 3.8) is 0 Å². The summed E-state index contributed by atoms with van der Waals surface area (Å²) in [5, 5.41) is 0. The van der Waals surface area contributed by atoms with E-state index in [1.807, 2.05) is 12.2 Å². The Labute approximate surface area is 182 Å². The summed E-state index contributed by atoms with van der Waals surface area (Å²) in [5.41, 5.74) is -0.679. The summed E-state index contributed by atoms with van der Waals surface area (Å²) < 4.78 is 10.6. The van der Waals surface area contributed by atoms with E-state index in [9.17, 15) is 14.4 Å². The standard InChI is InChI=1S/C23H31BrO5/c1-4-5-6-7-10-13-16-23(29-18(2)25)17-20(24)22(27)19(23)14-11-8-9-12-15-21(26)28-3/h8,10-11,13-14,17H,4-7,9,12,15-16H2,1-3H3/b11-8+,13-10-,19-14-/t23-/m1/s1. The van der Waals surface area contributed by atoms with Crippen LogP contribution in [0, 0.1) is 0 Å². The van der Waals surface area contributed by atoms with E-state index in [4.69, 9.17) is 4.74 Å².